The minimum absolute atomic E-state index is 0.0965. The second kappa shape index (κ2) is 13.0. The molecule has 188 valence electrons. The highest BCUT2D eigenvalue weighted by Crippen LogP contribution is 2.50. The minimum Gasteiger partial charge on any atom is -0.481 e. The summed E-state index contributed by atoms with van der Waals surface area (Å²) >= 11 is 1.60. The number of carbonyl (C=O) groups is 4. The molecule has 0 spiro atoms. The quantitative estimate of drug-likeness (QED) is 0.126. The Balaban J connectivity index is 1.93. The predicted octanol–water partition coefficient (Wildman–Crippen LogP) is 2.66. The van der Waals surface area contributed by atoms with Crippen LogP contribution in [0.25, 0.3) is 0 Å². The molecular formula is C22H37N3O7S. The maximum Gasteiger partial charge on any atom is 0.324 e. The van der Waals surface area contributed by atoms with E-state index in [-0.39, 0.29) is 24.5 Å². The fraction of sp³-hybridized carbons (Fsp3) is 0.818. The molecule has 0 saturated carbocycles. The van der Waals surface area contributed by atoms with Gasteiger partial charge in [0.1, 0.15) is 6.04 Å². The van der Waals surface area contributed by atoms with Crippen LogP contribution in [-0.4, -0.2) is 62.8 Å². The molecule has 2 heterocycles. The van der Waals surface area contributed by atoms with Crippen LogP contribution in [0.3, 0.4) is 0 Å². The molecule has 0 bridgehead atoms. The Morgan fingerprint density at radius 1 is 1.09 bits per heavy atom. The zero-order valence-corrected chi connectivity index (χ0v) is 20.2. The number of hydroxylamine groups is 1. The van der Waals surface area contributed by atoms with Gasteiger partial charge in [-0.05, 0) is 25.7 Å². The van der Waals surface area contributed by atoms with Gasteiger partial charge in [0.15, 0.2) is 0 Å². The van der Waals surface area contributed by atoms with Crippen molar-refractivity contribution in [3.05, 3.63) is 0 Å². The molecule has 2 amide bonds. The molecule has 0 aromatic carbocycles. The summed E-state index contributed by atoms with van der Waals surface area (Å²) in [5, 5.41) is 25.0. The molecule has 10 nitrogen and oxygen atoms in total. The summed E-state index contributed by atoms with van der Waals surface area (Å²) in [4.78, 5) is 52.4. The van der Waals surface area contributed by atoms with Gasteiger partial charge in [0.25, 0.3) is 0 Å². The molecule has 0 aliphatic carbocycles. The van der Waals surface area contributed by atoms with Crippen molar-refractivity contribution in [2.45, 2.75) is 101 Å². The van der Waals surface area contributed by atoms with Gasteiger partial charge in [-0.3, -0.25) is 14.4 Å². The topological polar surface area (TPSA) is 154 Å². The lowest BCUT2D eigenvalue weighted by molar-refractivity contribution is -0.158. The van der Waals surface area contributed by atoms with Crippen molar-refractivity contribution in [1.82, 2.24) is 16.1 Å². The molecule has 2 aliphatic rings. The first kappa shape index (κ1) is 27.2. The highest BCUT2D eigenvalue weighted by atomic mass is 32.2. The van der Waals surface area contributed by atoms with E-state index in [0.717, 1.165) is 19.3 Å². The normalized spacial score (nSPS) is 25.6. The second-order valence-corrected chi connectivity index (χ2v) is 10.2. The van der Waals surface area contributed by atoms with Crippen LogP contribution in [0.2, 0.25) is 0 Å². The number of unbranched alkanes of at least 4 members (excludes halogenated alkanes) is 3. The van der Waals surface area contributed by atoms with Gasteiger partial charge in [-0.1, -0.05) is 46.0 Å². The number of hydrogen-bond acceptors (Lipinski definition) is 7. The van der Waals surface area contributed by atoms with E-state index in [1.54, 1.807) is 11.8 Å². The summed E-state index contributed by atoms with van der Waals surface area (Å²) in [7, 11) is 0. The highest BCUT2D eigenvalue weighted by molar-refractivity contribution is 8.01. The largest absolute Gasteiger partial charge is 0.481 e. The molecule has 2 unspecified atom stereocenters. The Bertz CT molecular complexity index is 707. The van der Waals surface area contributed by atoms with Crippen LogP contribution in [0.4, 0.5) is 4.79 Å². The van der Waals surface area contributed by atoms with Crippen molar-refractivity contribution in [2.24, 2.45) is 5.92 Å². The van der Waals surface area contributed by atoms with Crippen molar-refractivity contribution in [1.29, 1.82) is 0 Å². The van der Waals surface area contributed by atoms with E-state index in [1.807, 2.05) is 13.8 Å². The summed E-state index contributed by atoms with van der Waals surface area (Å²) in [5.41, 5.74) is 2.35. The molecule has 11 heteroatoms. The zero-order chi connectivity index (χ0) is 24.4. The molecular weight excluding hydrogens is 450 g/mol. The Hall–Kier alpha value is -2.01. The van der Waals surface area contributed by atoms with Gasteiger partial charge in [-0.25, -0.2) is 4.79 Å². The van der Waals surface area contributed by atoms with Crippen LogP contribution in [0.15, 0.2) is 0 Å². The first-order chi connectivity index (χ1) is 15.7. The zero-order valence-electron chi connectivity index (χ0n) is 19.4. The smallest absolute Gasteiger partial charge is 0.324 e. The van der Waals surface area contributed by atoms with Crippen molar-refractivity contribution >= 4 is 35.7 Å². The third-order valence-corrected chi connectivity index (χ3v) is 8.26. The van der Waals surface area contributed by atoms with E-state index in [0.29, 0.717) is 44.3 Å². The van der Waals surface area contributed by atoms with Gasteiger partial charge in [0.05, 0.1) is 22.7 Å². The number of thioether (sulfide) groups is 1. The molecule has 0 radical (unpaired) electrons. The minimum atomic E-state index is -1.06. The van der Waals surface area contributed by atoms with E-state index < -0.39 is 34.6 Å². The highest BCUT2D eigenvalue weighted by Gasteiger charge is 2.58. The van der Waals surface area contributed by atoms with Crippen molar-refractivity contribution in [2.75, 3.05) is 5.75 Å². The average molecular weight is 488 g/mol. The van der Waals surface area contributed by atoms with Gasteiger partial charge in [-0.2, -0.15) is 0 Å². The number of urea groups is 1. The number of hydrogen-bond donors (Lipinski definition) is 5. The lowest BCUT2D eigenvalue weighted by Gasteiger charge is -2.39. The molecule has 0 aromatic heterocycles. The van der Waals surface area contributed by atoms with Crippen LogP contribution in [-0.2, 0) is 19.2 Å². The predicted molar refractivity (Wildman–Crippen MR) is 124 cm³/mol. The first-order valence-corrected chi connectivity index (χ1v) is 12.9. The van der Waals surface area contributed by atoms with E-state index in [1.165, 1.54) is 0 Å². The lowest BCUT2D eigenvalue weighted by Crippen LogP contribution is -2.53. The number of fused-ring (bicyclic) bond motifs is 1. The average Bonchev–Trinajstić information content (AvgIpc) is 3.29. The van der Waals surface area contributed by atoms with Crippen molar-refractivity contribution in [3.8, 4) is 0 Å². The Morgan fingerprint density at radius 3 is 2.42 bits per heavy atom. The maximum atomic E-state index is 12.2. The molecule has 0 aromatic rings. The Labute approximate surface area is 198 Å². The third kappa shape index (κ3) is 7.23. The van der Waals surface area contributed by atoms with E-state index in [2.05, 4.69) is 16.1 Å². The number of amides is 2. The van der Waals surface area contributed by atoms with E-state index in [4.69, 9.17) is 4.84 Å². The van der Waals surface area contributed by atoms with Crippen LogP contribution in [0.1, 0.15) is 78.1 Å². The molecule has 5 atom stereocenters. The summed E-state index contributed by atoms with van der Waals surface area (Å²) in [6.45, 7) is 3.97. The molecule has 2 aliphatic heterocycles. The van der Waals surface area contributed by atoms with Crippen LogP contribution < -0.4 is 16.1 Å². The summed E-state index contributed by atoms with van der Waals surface area (Å²) in [6, 6.07) is -1.56. The van der Waals surface area contributed by atoms with Crippen LogP contribution >= 0.6 is 11.8 Å². The van der Waals surface area contributed by atoms with Crippen LogP contribution in [0, 0.1) is 5.92 Å². The lowest BCUT2D eigenvalue weighted by atomic mass is 9.77. The summed E-state index contributed by atoms with van der Waals surface area (Å²) in [6.07, 6.45) is 5.85. The molecule has 5 N–H and O–H groups in total. The molecule has 2 saturated heterocycles. The number of carboxylic acids is 2. The molecule has 33 heavy (non-hydrogen) atoms. The van der Waals surface area contributed by atoms with Gasteiger partial charge < -0.3 is 25.7 Å². The van der Waals surface area contributed by atoms with Crippen molar-refractivity contribution < 1.29 is 34.2 Å². The standard InChI is InChI=1S/C22H37N3O7S/c1-3-5-9-14(19(27)28)22(18-16(13-33-22)23-21(31)24-18)12-8-7-11-17(26)32-25-15(20(29)30)10-6-4-2/h14-16,18,25H,3-13H2,1-2H3,(H,27,28)(H,29,30)(H2,23,24,31)/t14?,15?,16-,18-,22-/m1/s1. The fourth-order valence-electron chi connectivity index (χ4n) is 4.67. The number of carboxylic acid groups (broad SMARTS) is 2. The van der Waals surface area contributed by atoms with Gasteiger partial charge in [0.2, 0.25) is 0 Å². The van der Waals surface area contributed by atoms with Crippen LogP contribution in [0.5, 0.6) is 0 Å². The van der Waals surface area contributed by atoms with Gasteiger partial charge in [0, 0.05) is 12.2 Å². The molecule has 2 rings (SSSR count). The van der Waals surface area contributed by atoms with Crippen molar-refractivity contribution in [3.63, 3.8) is 0 Å². The van der Waals surface area contributed by atoms with E-state index in [9.17, 15) is 29.4 Å². The second-order valence-electron chi connectivity index (χ2n) is 8.83. The van der Waals surface area contributed by atoms with Gasteiger partial charge in [-0.15, -0.1) is 17.2 Å². The number of carbonyl (C=O) groups excluding carboxylic acids is 2. The maximum absolute atomic E-state index is 12.2. The Kier molecular flexibility index (Phi) is 10.7. The monoisotopic (exact) mass is 487 g/mol. The SMILES string of the molecule is CCCCC(NOC(=O)CCCC[C@]1(C(CCCC)C(=O)O)SC[C@H]2NC(=O)N[C@H]21)C(=O)O. The fourth-order valence-corrected chi connectivity index (χ4v) is 6.55. The van der Waals surface area contributed by atoms with Gasteiger partial charge >= 0.3 is 23.9 Å². The number of rotatable bonds is 16. The summed E-state index contributed by atoms with van der Waals surface area (Å²) in [5.74, 6) is -2.40. The molecule has 2 fully saturated rings. The number of aliphatic carboxylic acids is 2. The number of nitrogens with one attached hydrogen (secondary N) is 3. The van der Waals surface area contributed by atoms with E-state index >= 15 is 0 Å². The third-order valence-electron chi connectivity index (χ3n) is 6.46. The summed E-state index contributed by atoms with van der Waals surface area (Å²) < 4.78 is -0.637. The Morgan fingerprint density at radius 2 is 1.79 bits per heavy atom. The first-order valence-electron chi connectivity index (χ1n) is 11.9.